The highest BCUT2D eigenvalue weighted by atomic mass is 32.2. The normalized spacial score (nSPS) is 20.5. The third kappa shape index (κ3) is 2.49. The van der Waals surface area contributed by atoms with Gasteiger partial charge >= 0.3 is 0 Å². The molecular weight excluding hydrogens is 236 g/mol. The van der Waals surface area contributed by atoms with Gasteiger partial charge in [-0.2, -0.15) is 0 Å². The molecule has 1 atom stereocenters. The Kier molecular flexibility index (Phi) is 2.95. The van der Waals surface area contributed by atoms with Gasteiger partial charge in [0.05, 0.1) is 10.9 Å². The van der Waals surface area contributed by atoms with Crippen LogP contribution in [0, 0.1) is 0 Å². The lowest BCUT2D eigenvalue weighted by Crippen LogP contribution is -2.26. The van der Waals surface area contributed by atoms with Crippen LogP contribution in [-0.4, -0.2) is 33.1 Å². The number of benzene rings is 1. The van der Waals surface area contributed by atoms with Crippen LogP contribution in [0.25, 0.3) is 0 Å². The second-order valence-corrected chi connectivity index (χ2v) is 6.42. The summed E-state index contributed by atoms with van der Waals surface area (Å²) in [5, 5.41) is 0. The smallest absolute Gasteiger partial charge is 0.175 e. The van der Waals surface area contributed by atoms with E-state index in [1.54, 1.807) is 12.1 Å². The van der Waals surface area contributed by atoms with E-state index in [0.717, 1.165) is 18.1 Å². The van der Waals surface area contributed by atoms with Crippen LogP contribution in [0.15, 0.2) is 34.2 Å². The molecule has 5 heteroatoms. The molecule has 4 nitrogen and oxygen atoms in total. The number of hydrogen-bond donors (Lipinski definition) is 0. The molecule has 1 aliphatic heterocycles. The van der Waals surface area contributed by atoms with Gasteiger partial charge < -0.3 is 4.90 Å². The van der Waals surface area contributed by atoms with E-state index in [1.165, 1.54) is 6.26 Å². The molecule has 0 bridgehead atoms. The van der Waals surface area contributed by atoms with E-state index >= 15 is 0 Å². The molecule has 0 aliphatic carbocycles. The van der Waals surface area contributed by atoms with Crippen molar-refractivity contribution in [2.24, 2.45) is 4.99 Å². The standard InChI is InChI=1S/C12H16N2O2S/c1-9-8-14(10(2)13-9)11-4-6-12(7-5-11)17(3,15)16/h4-7,9H,8H2,1-3H3. The summed E-state index contributed by atoms with van der Waals surface area (Å²) >= 11 is 0. The Bertz CT molecular complexity index is 546. The Hall–Kier alpha value is -1.36. The Morgan fingerprint density at radius 1 is 1.29 bits per heavy atom. The average Bonchev–Trinajstić information content (AvgIpc) is 2.57. The average molecular weight is 252 g/mol. The van der Waals surface area contributed by atoms with Crippen LogP contribution < -0.4 is 4.90 Å². The Labute approximate surface area is 102 Å². The Balaban J connectivity index is 2.29. The molecule has 1 aromatic carbocycles. The molecule has 0 amide bonds. The molecule has 0 saturated heterocycles. The van der Waals surface area contributed by atoms with Gasteiger partial charge in [-0.1, -0.05) is 0 Å². The van der Waals surface area contributed by atoms with Gasteiger partial charge in [-0.15, -0.1) is 0 Å². The minimum Gasteiger partial charge on any atom is -0.328 e. The first kappa shape index (κ1) is 12.1. The minimum atomic E-state index is -3.12. The predicted molar refractivity (Wildman–Crippen MR) is 69.5 cm³/mol. The molecule has 2 rings (SSSR count). The number of sulfone groups is 1. The summed E-state index contributed by atoms with van der Waals surface area (Å²) < 4.78 is 22.7. The topological polar surface area (TPSA) is 49.7 Å². The second kappa shape index (κ2) is 4.14. The van der Waals surface area contributed by atoms with Gasteiger partial charge in [-0.25, -0.2) is 8.42 Å². The molecule has 0 aromatic heterocycles. The molecule has 0 saturated carbocycles. The van der Waals surface area contributed by atoms with Crippen LogP contribution in [0.4, 0.5) is 5.69 Å². The highest BCUT2D eigenvalue weighted by Crippen LogP contribution is 2.22. The first-order chi connectivity index (χ1) is 7.88. The lowest BCUT2D eigenvalue weighted by atomic mass is 10.2. The van der Waals surface area contributed by atoms with E-state index in [-0.39, 0.29) is 0 Å². The van der Waals surface area contributed by atoms with E-state index in [2.05, 4.69) is 16.8 Å². The van der Waals surface area contributed by atoms with Gasteiger partial charge in [0, 0.05) is 18.5 Å². The van der Waals surface area contributed by atoms with Gasteiger partial charge in [0.15, 0.2) is 9.84 Å². The quantitative estimate of drug-likeness (QED) is 0.805. The van der Waals surface area contributed by atoms with E-state index < -0.39 is 9.84 Å². The largest absolute Gasteiger partial charge is 0.328 e. The highest BCUT2D eigenvalue weighted by molar-refractivity contribution is 7.90. The number of anilines is 1. The van der Waals surface area contributed by atoms with Crippen molar-refractivity contribution in [1.29, 1.82) is 0 Å². The number of rotatable bonds is 2. The van der Waals surface area contributed by atoms with Crippen molar-refractivity contribution < 1.29 is 8.42 Å². The van der Waals surface area contributed by atoms with Crippen LogP contribution in [0.2, 0.25) is 0 Å². The van der Waals surface area contributed by atoms with Crippen LogP contribution in [0.3, 0.4) is 0 Å². The summed E-state index contributed by atoms with van der Waals surface area (Å²) in [6, 6.07) is 7.23. The van der Waals surface area contributed by atoms with Crippen molar-refractivity contribution in [3.05, 3.63) is 24.3 Å². The Morgan fingerprint density at radius 2 is 1.88 bits per heavy atom. The summed E-state index contributed by atoms with van der Waals surface area (Å²) in [6.45, 7) is 4.88. The fraction of sp³-hybridized carbons (Fsp3) is 0.417. The lowest BCUT2D eigenvalue weighted by Gasteiger charge is -2.18. The summed E-state index contributed by atoms with van der Waals surface area (Å²) in [5.74, 6) is 0.976. The lowest BCUT2D eigenvalue weighted by molar-refractivity contribution is 0.602. The summed E-state index contributed by atoms with van der Waals surface area (Å²) in [6.07, 6.45) is 1.21. The fourth-order valence-corrected chi connectivity index (χ4v) is 2.62. The zero-order chi connectivity index (χ0) is 12.6. The molecule has 1 aromatic rings. The van der Waals surface area contributed by atoms with Crippen molar-refractivity contribution in [2.75, 3.05) is 17.7 Å². The maximum absolute atomic E-state index is 11.3. The molecule has 0 radical (unpaired) electrons. The molecule has 0 spiro atoms. The van der Waals surface area contributed by atoms with Crippen molar-refractivity contribution in [3.8, 4) is 0 Å². The molecule has 0 N–H and O–H groups in total. The fourth-order valence-electron chi connectivity index (χ4n) is 1.99. The summed E-state index contributed by atoms with van der Waals surface area (Å²) in [4.78, 5) is 6.89. The molecule has 17 heavy (non-hydrogen) atoms. The van der Waals surface area contributed by atoms with Crippen LogP contribution in [0.5, 0.6) is 0 Å². The number of hydrogen-bond acceptors (Lipinski definition) is 4. The maximum Gasteiger partial charge on any atom is 0.175 e. The summed E-state index contributed by atoms with van der Waals surface area (Å²) in [7, 11) is -3.12. The maximum atomic E-state index is 11.3. The van der Waals surface area contributed by atoms with E-state index in [9.17, 15) is 8.42 Å². The van der Waals surface area contributed by atoms with Gasteiger partial charge in [0.1, 0.15) is 5.84 Å². The predicted octanol–water partition coefficient (Wildman–Crippen LogP) is 1.72. The van der Waals surface area contributed by atoms with Gasteiger partial charge in [-0.05, 0) is 38.1 Å². The van der Waals surface area contributed by atoms with Crippen LogP contribution >= 0.6 is 0 Å². The number of nitrogens with zero attached hydrogens (tertiary/aromatic N) is 2. The zero-order valence-electron chi connectivity index (χ0n) is 10.2. The molecular formula is C12H16N2O2S. The van der Waals surface area contributed by atoms with Crippen molar-refractivity contribution in [3.63, 3.8) is 0 Å². The number of aliphatic imine (C=N–C) groups is 1. The highest BCUT2D eigenvalue weighted by Gasteiger charge is 2.20. The van der Waals surface area contributed by atoms with Crippen molar-refractivity contribution >= 4 is 21.4 Å². The monoisotopic (exact) mass is 252 g/mol. The first-order valence-electron chi connectivity index (χ1n) is 5.50. The molecule has 1 aliphatic rings. The van der Waals surface area contributed by atoms with Crippen LogP contribution in [-0.2, 0) is 9.84 Å². The van der Waals surface area contributed by atoms with E-state index in [0.29, 0.717) is 10.9 Å². The van der Waals surface area contributed by atoms with Crippen LogP contribution in [0.1, 0.15) is 13.8 Å². The van der Waals surface area contributed by atoms with Gasteiger partial charge in [0.25, 0.3) is 0 Å². The Morgan fingerprint density at radius 3 is 2.29 bits per heavy atom. The van der Waals surface area contributed by atoms with E-state index in [1.807, 2.05) is 19.1 Å². The molecule has 0 fully saturated rings. The van der Waals surface area contributed by atoms with Gasteiger partial charge in [-0.3, -0.25) is 4.99 Å². The molecule has 1 unspecified atom stereocenters. The SMILES string of the molecule is CC1=NC(C)CN1c1ccc(S(C)(=O)=O)cc1. The third-order valence-electron chi connectivity index (χ3n) is 2.82. The first-order valence-corrected chi connectivity index (χ1v) is 7.39. The molecule has 92 valence electrons. The zero-order valence-corrected chi connectivity index (χ0v) is 11.0. The van der Waals surface area contributed by atoms with Crippen molar-refractivity contribution in [2.45, 2.75) is 24.8 Å². The minimum absolute atomic E-state index is 0.296. The second-order valence-electron chi connectivity index (χ2n) is 4.40. The summed E-state index contributed by atoms with van der Waals surface area (Å²) in [5.41, 5.74) is 0.989. The third-order valence-corrected chi connectivity index (χ3v) is 3.95. The van der Waals surface area contributed by atoms with Gasteiger partial charge in [0.2, 0.25) is 0 Å². The van der Waals surface area contributed by atoms with Crippen molar-refractivity contribution in [1.82, 2.24) is 0 Å². The van der Waals surface area contributed by atoms with E-state index in [4.69, 9.17) is 0 Å². The number of amidine groups is 1. The molecule has 1 heterocycles.